The highest BCUT2D eigenvalue weighted by Crippen LogP contribution is 2.08. The highest BCUT2D eigenvalue weighted by atomic mass is 16.5. The van der Waals surface area contributed by atoms with Gasteiger partial charge in [0.15, 0.2) is 7.85 Å². The van der Waals surface area contributed by atoms with Gasteiger partial charge >= 0.3 is 5.97 Å². The summed E-state index contributed by atoms with van der Waals surface area (Å²) in [4.78, 5) is 17.5. The maximum Gasteiger partial charge on any atom is 0.307 e. The van der Waals surface area contributed by atoms with Crippen LogP contribution in [0.1, 0.15) is 13.3 Å². The summed E-state index contributed by atoms with van der Waals surface area (Å²) in [5.41, 5.74) is 0.981. The minimum Gasteiger partial charge on any atom is -0.469 e. The molecule has 86 valence electrons. The van der Waals surface area contributed by atoms with Gasteiger partial charge in [0.1, 0.15) is 5.82 Å². The molecule has 0 atom stereocenters. The van der Waals surface area contributed by atoms with Gasteiger partial charge in [0.25, 0.3) is 0 Å². The van der Waals surface area contributed by atoms with E-state index in [0.29, 0.717) is 13.0 Å². The fraction of sp³-hybridized carbons (Fsp3) is 0.455. The Kier molecular flexibility index (Phi) is 4.83. The predicted octanol–water partition coefficient (Wildman–Crippen LogP) is -0.271. The number of carbonyl (C=O) groups is 1. The first-order valence-corrected chi connectivity index (χ1v) is 5.42. The van der Waals surface area contributed by atoms with Gasteiger partial charge in [-0.2, -0.15) is 0 Å². The second-order valence-electron chi connectivity index (χ2n) is 3.54. The van der Waals surface area contributed by atoms with Crippen LogP contribution < -0.4 is 10.5 Å². The van der Waals surface area contributed by atoms with E-state index in [-0.39, 0.29) is 5.97 Å². The van der Waals surface area contributed by atoms with E-state index in [0.717, 1.165) is 18.0 Å². The van der Waals surface area contributed by atoms with Crippen molar-refractivity contribution in [2.24, 2.45) is 0 Å². The van der Waals surface area contributed by atoms with Crippen molar-refractivity contribution in [3.8, 4) is 0 Å². The lowest BCUT2D eigenvalue weighted by molar-refractivity contribution is -0.140. The number of methoxy groups -OCH3 is 1. The molecule has 0 bridgehead atoms. The van der Waals surface area contributed by atoms with Gasteiger partial charge in [-0.1, -0.05) is 12.1 Å². The lowest BCUT2D eigenvalue weighted by atomic mass is 10.0. The van der Waals surface area contributed by atoms with Crippen molar-refractivity contribution in [3.05, 3.63) is 18.2 Å². The minimum atomic E-state index is -0.189. The molecule has 16 heavy (non-hydrogen) atoms. The first-order valence-electron chi connectivity index (χ1n) is 5.42. The topological polar surface area (TPSA) is 42.4 Å². The molecule has 1 aromatic rings. The molecule has 4 nitrogen and oxygen atoms in total. The van der Waals surface area contributed by atoms with E-state index in [4.69, 9.17) is 0 Å². The number of pyridine rings is 1. The van der Waals surface area contributed by atoms with Crippen LogP contribution in [0.25, 0.3) is 0 Å². The molecule has 0 saturated carbocycles. The fourth-order valence-electron chi connectivity index (χ4n) is 1.47. The van der Waals surface area contributed by atoms with Crippen LogP contribution >= 0.6 is 0 Å². The van der Waals surface area contributed by atoms with E-state index < -0.39 is 0 Å². The molecule has 1 rings (SSSR count). The van der Waals surface area contributed by atoms with Gasteiger partial charge in [0.2, 0.25) is 0 Å². The number of esters is 1. The maximum atomic E-state index is 11.1. The Bertz CT molecular complexity index is 358. The number of aromatic nitrogens is 1. The molecule has 0 radical (unpaired) electrons. The zero-order valence-corrected chi connectivity index (χ0v) is 10.1. The predicted molar refractivity (Wildman–Crippen MR) is 66.9 cm³/mol. The normalized spacial score (nSPS) is 9.88. The van der Waals surface area contributed by atoms with Gasteiger partial charge in [-0.25, -0.2) is 4.98 Å². The lowest BCUT2D eigenvalue weighted by Crippen LogP contribution is -2.28. The van der Waals surface area contributed by atoms with Crippen molar-refractivity contribution in [3.63, 3.8) is 0 Å². The quantitative estimate of drug-likeness (QED) is 0.506. The molecule has 1 aromatic heterocycles. The first kappa shape index (κ1) is 12.6. The Morgan fingerprint density at radius 1 is 1.56 bits per heavy atom. The number of nitrogens with zero attached hydrogens (tertiary/aromatic N) is 2. The Labute approximate surface area is 97.0 Å². The molecule has 0 aliphatic rings. The molecule has 0 amide bonds. The van der Waals surface area contributed by atoms with Crippen LogP contribution in [-0.4, -0.2) is 39.0 Å². The second-order valence-corrected chi connectivity index (χ2v) is 3.54. The number of ether oxygens (including phenoxy) is 1. The van der Waals surface area contributed by atoms with E-state index in [1.807, 2.05) is 33.0 Å². The first-order chi connectivity index (χ1) is 7.67. The number of rotatable bonds is 5. The smallest absolute Gasteiger partial charge is 0.307 e. The SMILES string of the molecule is Bc1cccc(N(CC)CCC(=O)OC)n1. The molecule has 0 aliphatic carbocycles. The summed E-state index contributed by atoms with van der Waals surface area (Å²) in [6.45, 7) is 3.51. The van der Waals surface area contributed by atoms with Crippen molar-refractivity contribution in [1.29, 1.82) is 0 Å². The summed E-state index contributed by atoms with van der Waals surface area (Å²) in [5, 5.41) is 0. The van der Waals surface area contributed by atoms with E-state index in [9.17, 15) is 4.79 Å². The Morgan fingerprint density at radius 2 is 2.31 bits per heavy atom. The average molecular weight is 220 g/mol. The van der Waals surface area contributed by atoms with Gasteiger partial charge in [-0.3, -0.25) is 4.79 Å². The van der Waals surface area contributed by atoms with E-state index in [1.165, 1.54) is 7.11 Å². The minimum absolute atomic E-state index is 0.189. The molecule has 1 heterocycles. The zero-order chi connectivity index (χ0) is 12.0. The van der Waals surface area contributed by atoms with Crippen LogP contribution in [0.4, 0.5) is 5.82 Å². The molecule has 0 fully saturated rings. The zero-order valence-electron chi connectivity index (χ0n) is 10.1. The molecule has 0 aliphatic heterocycles. The summed E-state index contributed by atoms with van der Waals surface area (Å²) in [5.74, 6) is 0.720. The maximum absolute atomic E-state index is 11.1. The molecule has 0 unspecified atom stereocenters. The lowest BCUT2D eigenvalue weighted by Gasteiger charge is -2.21. The average Bonchev–Trinajstić information content (AvgIpc) is 2.29. The van der Waals surface area contributed by atoms with Crippen LogP contribution in [0.5, 0.6) is 0 Å². The molecule has 0 aromatic carbocycles. The van der Waals surface area contributed by atoms with Gasteiger partial charge < -0.3 is 9.64 Å². The Hall–Kier alpha value is -1.52. The summed E-state index contributed by atoms with van der Waals surface area (Å²) in [6, 6.07) is 5.88. The van der Waals surface area contributed by atoms with Crippen LogP contribution in [0.2, 0.25) is 0 Å². The van der Waals surface area contributed by atoms with Gasteiger partial charge in [0, 0.05) is 13.1 Å². The van der Waals surface area contributed by atoms with E-state index >= 15 is 0 Å². The Balaban J connectivity index is 2.64. The third kappa shape index (κ3) is 3.57. The van der Waals surface area contributed by atoms with Crippen molar-refractivity contribution < 1.29 is 9.53 Å². The molecular weight excluding hydrogens is 203 g/mol. The summed E-state index contributed by atoms with van der Waals surface area (Å²) in [6.07, 6.45) is 0.389. The molecule has 0 saturated heterocycles. The third-order valence-electron chi connectivity index (χ3n) is 2.39. The molecule has 0 N–H and O–H groups in total. The summed E-state index contributed by atoms with van der Waals surface area (Å²) in [7, 11) is 3.36. The second kappa shape index (κ2) is 6.15. The van der Waals surface area contributed by atoms with Crippen LogP contribution in [0.15, 0.2) is 18.2 Å². The highest BCUT2D eigenvalue weighted by Gasteiger charge is 2.08. The highest BCUT2D eigenvalue weighted by molar-refractivity contribution is 6.30. The Morgan fingerprint density at radius 3 is 2.88 bits per heavy atom. The van der Waals surface area contributed by atoms with Gasteiger partial charge in [0.05, 0.1) is 13.5 Å². The van der Waals surface area contributed by atoms with Gasteiger partial charge in [-0.15, -0.1) is 0 Å². The van der Waals surface area contributed by atoms with E-state index in [1.54, 1.807) is 0 Å². The largest absolute Gasteiger partial charge is 0.469 e. The number of anilines is 1. The fourth-order valence-corrected chi connectivity index (χ4v) is 1.47. The van der Waals surface area contributed by atoms with Crippen LogP contribution in [0.3, 0.4) is 0 Å². The summed E-state index contributed by atoms with van der Waals surface area (Å²) < 4.78 is 4.62. The monoisotopic (exact) mass is 220 g/mol. The van der Waals surface area contributed by atoms with Crippen molar-refractivity contribution in [2.45, 2.75) is 13.3 Å². The number of hydrogen-bond acceptors (Lipinski definition) is 4. The van der Waals surface area contributed by atoms with Crippen molar-refractivity contribution >= 4 is 25.2 Å². The van der Waals surface area contributed by atoms with Gasteiger partial charge in [-0.05, 0) is 18.6 Å². The van der Waals surface area contributed by atoms with E-state index in [2.05, 4.69) is 14.6 Å². The summed E-state index contributed by atoms with van der Waals surface area (Å²) >= 11 is 0. The molecule has 0 spiro atoms. The standard InChI is InChI=1S/C11H17BN2O2/c1-3-14(8-7-11(15)16-2)10-6-4-5-9(12)13-10/h4-6H,3,7-8,12H2,1-2H3. The number of hydrogen-bond donors (Lipinski definition) is 0. The molecular formula is C11H17BN2O2. The van der Waals surface area contributed by atoms with Crippen molar-refractivity contribution in [1.82, 2.24) is 4.98 Å². The number of carbonyl (C=O) groups excluding carboxylic acids is 1. The van der Waals surface area contributed by atoms with Crippen LogP contribution in [-0.2, 0) is 9.53 Å². The third-order valence-corrected chi connectivity index (χ3v) is 2.39. The molecule has 5 heteroatoms. The van der Waals surface area contributed by atoms with Crippen LogP contribution in [0, 0.1) is 0 Å². The van der Waals surface area contributed by atoms with Crippen molar-refractivity contribution in [2.75, 3.05) is 25.1 Å².